The minimum Gasteiger partial charge on any atom is -0.392 e. The Morgan fingerprint density at radius 2 is 1.68 bits per heavy atom. The summed E-state index contributed by atoms with van der Waals surface area (Å²) in [5.41, 5.74) is 4.37. The number of aliphatic hydroxyl groups is 1. The lowest BCUT2D eigenvalue weighted by Gasteiger charge is -2.00. The molecule has 0 unspecified atom stereocenters. The number of aromatic nitrogens is 3. The number of aromatic amines is 1. The summed E-state index contributed by atoms with van der Waals surface area (Å²) >= 11 is 1.59. The Bertz CT molecular complexity index is 735. The molecule has 22 heavy (non-hydrogen) atoms. The number of hydrogen-bond acceptors (Lipinski definition) is 4. The number of rotatable bonds is 5. The molecule has 2 N–H and O–H groups in total. The van der Waals surface area contributed by atoms with Gasteiger partial charge in [-0.3, -0.25) is 5.10 Å². The van der Waals surface area contributed by atoms with E-state index < -0.39 is 0 Å². The Hall–Kier alpha value is -2.11. The van der Waals surface area contributed by atoms with E-state index in [2.05, 4.69) is 34.2 Å². The monoisotopic (exact) mass is 311 g/mol. The molecule has 4 nitrogen and oxygen atoms in total. The SMILES string of the molecule is Cc1ccc(-c2nc(SCc3ccc(CO)cc3)n[nH]2)cc1. The highest BCUT2D eigenvalue weighted by Gasteiger charge is 2.06. The van der Waals surface area contributed by atoms with Crippen LogP contribution in [0.2, 0.25) is 0 Å². The van der Waals surface area contributed by atoms with Crippen LogP contribution in [-0.2, 0) is 12.4 Å². The highest BCUT2D eigenvalue weighted by Crippen LogP contribution is 2.22. The fourth-order valence-corrected chi connectivity index (χ4v) is 2.79. The molecule has 0 fully saturated rings. The molecule has 0 bridgehead atoms. The van der Waals surface area contributed by atoms with E-state index in [1.54, 1.807) is 11.8 Å². The summed E-state index contributed by atoms with van der Waals surface area (Å²) in [5, 5.41) is 17.0. The van der Waals surface area contributed by atoms with Gasteiger partial charge in [-0.2, -0.15) is 0 Å². The van der Waals surface area contributed by atoms with Gasteiger partial charge in [0.1, 0.15) is 0 Å². The maximum Gasteiger partial charge on any atom is 0.209 e. The Morgan fingerprint density at radius 1 is 1.00 bits per heavy atom. The zero-order valence-electron chi connectivity index (χ0n) is 12.3. The van der Waals surface area contributed by atoms with E-state index >= 15 is 0 Å². The van der Waals surface area contributed by atoms with Gasteiger partial charge in [0.2, 0.25) is 5.16 Å². The van der Waals surface area contributed by atoms with Crippen molar-refractivity contribution in [2.45, 2.75) is 24.4 Å². The van der Waals surface area contributed by atoms with Gasteiger partial charge in [0.25, 0.3) is 0 Å². The first-order valence-corrected chi connectivity index (χ1v) is 8.04. The number of nitrogens with one attached hydrogen (secondary N) is 1. The molecule has 3 rings (SSSR count). The minimum absolute atomic E-state index is 0.0776. The molecule has 1 heterocycles. The molecular formula is C17H17N3OS. The Morgan fingerprint density at radius 3 is 2.36 bits per heavy atom. The van der Waals surface area contributed by atoms with Gasteiger partial charge in [-0.25, -0.2) is 4.98 Å². The molecule has 0 spiro atoms. The van der Waals surface area contributed by atoms with Crippen LogP contribution < -0.4 is 0 Å². The van der Waals surface area contributed by atoms with Crippen LogP contribution in [0.25, 0.3) is 11.4 Å². The van der Waals surface area contributed by atoms with E-state index in [1.807, 2.05) is 36.4 Å². The second kappa shape index (κ2) is 6.77. The maximum atomic E-state index is 9.04. The van der Waals surface area contributed by atoms with Gasteiger partial charge in [0, 0.05) is 11.3 Å². The third-order valence-corrected chi connectivity index (χ3v) is 4.28. The van der Waals surface area contributed by atoms with E-state index in [0.29, 0.717) is 0 Å². The quantitative estimate of drug-likeness (QED) is 0.707. The number of H-pyrrole nitrogens is 1. The second-order valence-corrected chi connectivity index (χ2v) is 6.04. The van der Waals surface area contributed by atoms with E-state index in [-0.39, 0.29) is 6.61 Å². The highest BCUT2D eigenvalue weighted by atomic mass is 32.2. The zero-order valence-corrected chi connectivity index (χ0v) is 13.1. The van der Waals surface area contributed by atoms with Crippen LogP contribution in [0.4, 0.5) is 0 Å². The summed E-state index contributed by atoms with van der Waals surface area (Å²) in [6.07, 6.45) is 0. The standard InChI is InChI=1S/C17H17N3OS/c1-12-2-8-15(9-3-12)16-18-17(20-19-16)22-11-14-6-4-13(10-21)5-7-14/h2-9,21H,10-11H2,1H3,(H,18,19,20). The maximum absolute atomic E-state index is 9.04. The molecule has 5 heteroatoms. The molecule has 0 saturated heterocycles. The summed E-state index contributed by atoms with van der Waals surface area (Å²) in [7, 11) is 0. The van der Waals surface area contributed by atoms with Crippen molar-refractivity contribution >= 4 is 11.8 Å². The van der Waals surface area contributed by atoms with Gasteiger partial charge >= 0.3 is 0 Å². The van der Waals surface area contributed by atoms with Crippen LogP contribution in [0.1, 0.15) is 16.7 Å². The number of hydrogen-bond donors (Lipinski definition) is 2. The van der Waals surface area contributed by atoms with Crippen molar-refractivity contribution in [3.8, 4) is 11.4 Å². The third-order valence-electron chi connectivity index (χ3n) is 3.36. The molecule has 0 radical (unpaired) electrons. The summed E-state index contributed by atoms with van der Waals surface area (Å²) in [6, 6.07) is 16.1. The summed E-state index contributed by atoms with van der Waals surface area (Å²) in [6.45, 7) is 2.14. The predicted octanol–water partition coefficient (Wildman–Crippen LogP) is 3.56. The molecule has 0 saturated carbocycles. The first-order chi connectivity index (χ1) is 10.7. The lowest BCUT2D eigenvalue weighted by atomic mass is 10.1. The van der Waals surface area contributed by atoms with Gasteiger partial charge in [-0.05, 0) is 18.1 Å². The number of thioether (sulfide) groups is 1. The normalized spacial score (nSPS) is 10.8. The van der Waals surface area contributed by atoms with E-state index in [9.17, 15) is 0 Å². The molecule has 0 atom stereocenters. The van der Waals surface area contributed by atoms with Crippen molar-refractivity contribution < 1.29 is 5.11 Å². The molecule has 1 aromatic heterocycles. The van der Waals surface area contributed by atoms with Gasteiger partial charge in [-0.15, -0.1) is 5.10 Å². The minimum atomic E-state index is 0.0776. The van der Waals surface area contributed by atoms with Crippen molar-refractivity contribution in [1.82, 2.24) is 15.2 Å². The van der Waals surface area contributed by atoms with E-state index in [4.69, 9.17) is 5.11 Å². The molecule has 2 aromatic carbocycles. The molecule has 0 aliphatic heterocycles. The lowest BCUT2D eigenvalue weighted by Crippen LogP contribution is -1.85. The molecule has 112 valence electrons. The fourth-order valence-electron chi connectivity index (χ4n) is 2.04. The average molecular weight is 311 g/mol. The second-order valence-electron chi connectivity index (χ2n) is 5.10. The summed E-state index contributed by atoms with van der Waals surface area (Å²) in [5.74, 6) is 1.59. The van der Waals surface area contributed by atoms with Gasteiger partial charge in [-0.1, -0.05) is 65.9 Å². The van der Waals surface area contributed by atoms with E-state index in [1.165, 1.54) is 11.1 Å². The van der Waals surface area contributed by atoms with E-state index in [0.717, 1.165) is 27.9 Å². The summed E-state index contributed by atoms with van der Waals surface area (Å²) < 4.78 is 0. The van der Waals surface area contributed by atoms with Crippen LogP contribution in [-0.4, -0.2) is 20.3 Å². The van der Waals surface area contributed by atoms with Crippen molar-refractivity contribution in [1.29, 1.82) is 0 Å². The van der Waals surface area contributed by atoms with Crippen molar-refractivity contribution in [3.05, 3.63) is 65.2 Å². The van der Waals surface area contributed by atoms with Crippen LogP contribution in [0.3, 0.4) is 0 Å². The van der Waals surface area contributed by atoms with Gasteiger partial charge in [0.05, 0.1) is 6.61 Å². The fraction of sp³-hybridized carbons (Fsp3) is 0.176. The smallest absolute Gasteiger partial charge is 0.209 e. The Balaban J connectivity index is 1.65. The zero-order chi connectivity index (χ0) is 15.4. The van der Waals surface area contributed by atoms with Crippen LogP contribution in [0.15, 0.2) is 53.7 Å². The van der Waals surface area contributed by atoms with Crippen LogP contribution >= 0.6 is 11.8 Å². The van der Waals surface area contributed by atoms with Crippen LogP contribution in [0, 0.1) is 6.92 Å². The number of benzene rings is 2. The molecule has 3 aromatic rings. The topological polar surface area (TPSA) is 61.8 Å². The predicted molar refractivity (Wildman–Crippen MR) is 88.5 cm³/mol. The number of nitrogens with zero attached hydrogens (tertiary/aromatic N) is 2. The highest BCUT2D eigenvalue weighted by molar-refractivity contribution is 7.98. The molecular weight excluding hydrogens is 294 g/mol. The van der Waals surface area contributed by atoms with Crippen molar-refractivity contribution in [3.63, 3.8) is 0 Å². The van der Waals surface area contributed by atoms with Gasteiger partial charge in [0.15, 0.2) is 5.82 Å². The number of aryl methyl sites for hydroxylation is 1. The van der Waals surface area contributed by atoms with Crippen LogP contribution in [0.5, 0.6) is 0 Å². The Labute approximate surface area is 133 Å². The average Bonchev–Trinajstić information content (AvgIpc) is 3.03. The molecule has 0 aliphatic rings. The Kier molecular flexibility index (Phi) is 4.56. The molecule has 0 aliphatic carbocycles. The first kappa shape index (κ1) is 14.8. The van der Waals surface area contributed by atoms with Crippen molar-refractivity contribution in [2.24, 2.45) is 0 Å². The first-order valence-electron chi connectivity index (χ1n) is 7.05. The van der Waals surface area contributed by atoms with Crippen molar-refractivity contribution in [2.75, 3.05) is 0 Å². The largest absolute Gasteiger partial charge is 0.392 e. The summed E-state index contributed by atoms with van der Waals surface area (Å²) in [4.78, 5) is 4.52. The van der Waals surface area contributed by atoms with Gasteiger partial charge < -0.3 is 5.11 Å². The lowest BCUT2D eigenvalue weighted by molar-refractivity contribution is 0.282. The number of aliphatic hydroxyl groups excluding tert-OH is 1. The third kappa shape index (κ3) is 3.55. The molecule has 0 amide bonds.